The summed E-state index contributed by atoms with van der Waals surface area (Å²) in [7, 11) is 0. The van der Waals surface area contributed by atoms with E-state index in [-0.39, 0.29) is 11.8 Å². The van der Waals surface area contributed by atoms with Crippen molar-refractivity contribution < 1.29 is 5.21 Å². The van der Waals surface area contributed by atoms with Gasteiger partial charge in [-0.25, -0.2) is 0 Å². The SMILES string of the molecule is CC(CNc1ccc(Br)cc1)C(N)=NO. The lowest BCUT2D eigenvalue weighted by Gasteiger charge is -2.11. The summed E-state index contributed by atoms with van der Waals surface area (Å²) in [6, 6.07) is 7.83. The lowest BCUT2D eigenvalue weighted by Crippen LogP contribution is -2.27. The van der Waals surface area contributed by atoms with Crippen LogP contribution in [0, 0.1) is 5.92 Å². The van der Waals surface area contributed by atoms with Crippen LogP contribution in [0.25, 0.3) is 0 Å². The fourth-order valence-electron chi connectivity index (χ4n) is 1.04. The molecule has 0 heterocycles. The highest BCUT2D eigenvalue weighted by molar-refractivity contribution is 9.10. The fourth-order valence-corrected chi connectivity index (χ4v) is 1.31. The largest absolute Gasteiger partial charge is 0.409 e. The summed E-state index contributed by atoms with van der Waals surface area (Å²) in [5.41, 5.74) is 6.47. The van der Waals surface area contributed by atoms with E-state index in [1.807, 2.05) is 31.2 Å². The Balaban J connectivity index is 2.47. The zero-order valence-corrected chi connectivity index (χ0v) is 10.0. The number of nitrogens with one attached hydrogen (secondary N) is 1. The number of hydrogen-bond acceptors (Lipinski definition) is 3. The Kier molecular flexibility index (Phi) is 4.42. The van der Waals surface area contributed by atoms with Crippen LogP contribution >= 0.6 is 15.9 Å². The molecule has 1 atom stereocenters. The molecule has 1 aromatic carbocycles. The van der Waals surface area contributed by atoms with Crippen molar-refractivity contribution in [3.8, 4) is 0 Å². The highest BCUT2D eigenvalue weighted by Crippen LogP contribution is 2.14. The molecule has 4 N–H and O–H groups in total. The minimum atomic E-state index is -0.00125. The van der Waals surface area contributed by atoms with Crippen LogP contribution in [0.5, 0.6) is 0 Å². The zero-order chi connectivity index (χ0) is 11.3. The summed E-state index contributed by atoms with van der Waals surface area (Å²) in [4.78, 5) is 0. The van der Waals surface area contributed by atoms with Gasteiger partial charge in [-0.3, -0.25) is 0 Å². The number of hydrogen-bond donors (Lipinski definition) is 3. The van der Waals surface area contributed by atoms with E-state index in [1.165, 1.54) is 0 Å². The van der Waals surface area contributed by atoms with E-state index in [0.717, 1.165) is 10.2 Å². The quantitative estimate of drug-likeness (QED) is 0.341. The molecule has 82 valence electrons. The maximum absolute atomic E-state index is 8.47. The topological polar surface area (TPSA) is 70.6 Å². The number of benzene rings is 1. The minimum absolute atomic E-state index is 0.00125. The van der Waals surface area contributed by atoms with E-state index in [4.69, 9.17) is 10.9 Å². The summed E-state index contributed by atoms with van der Waals surface area (Å²) in [5, 5.41) is 14.6. The van der Waals surface area contributed by atoms with E-state index in [0.29, 0.717) is 6.54 Å². The van der Waals surface area contributed by atoms with Crippen LogP contribution in [-0.4, -0.2) is 17.6 Å². The highest BCUT2D eigenvalue weighted by atomic mass is 79.9. The lowest BCUT2D eigenvalue weighted by molar-refractivity contribution is 0.315. The van der Waals surface area contributed by atoms with Gasteiger partial charge in [0.05, 0.1) is 0 Å². The average Bonchev–Trinajstić information content (AvgIpc) is 2.26. The number of oxime groups is 1. The molecule has 0 amide bonds. The molecule has 1 unspecified atom stereocenters. The molecule has 1 aromatic rings. The third-order valence-corrected chi connectivity index (χ3v) is 2.61. The average molecular weight is 272 g/mol. The summed E-state index contributed by atoms with van der Waals surface area (Å²) < 4.78 is 1.04. The van der Waals surface area contributed by atoms with Crippen LogP contribution in [0.15, 0.2) is 33.9 Å². The molecular weight excluding hydrogens is 258 g/mol. The summed E-state index contributed by atoms with van der Waals surface area (Å²) in [6.07, 6.45) is 0. The Hall–Kier alpha value is -1.23. The van der Waals surface area contributed by atoms with Crippen molar-refractivity contribution in [1.29, 1.82) is 0 Å². The molecule has 4 nitrogen and oxygen atoms in total. The minimum Gasteiger partial charge on any atom is -0.409 e. The lowest BCUT2D eigenvalue weighted by atomic mass is 10.1. The molecular formula is C10H14BrN3O. The molecule has 0 bridgehead atoms. The molecule has 0 spiro atoms. The molecule has 1 rings (SSSR count). The summed E-state index contributed by atoms with van der Waals surface area (Å²) >= 11 is 3.36. The van der Waals surface area contributed by atoms with Crippen molar-refractivity contribution in [2.45, 2.75) is 6.92 Å². The first kappa shape index (κ1) is 11.8. The molecule has 0 saturated heterocycles. The molecule has 0 aliphatic heterocycles. The van der Waals surface area contributed by atoms with E-state index in [9.17, 15) is 0 Å². The van der Waals surface area contributed by atoms with Gasteiger partial charge in [-0.05, 0) is 24.3 Å². The van der Waals surface area contributed by atoms with Crippen molar-refractivity contribution in [2.75, 3.05) is 11.9 Å². The number of rotatable bonds is 4. The number of nitrogens with zero attached hydrogens (tertiary/aromatic N) is 1. The second kappa shape index (κ2) is 5.60. The fraction of sp³-hybridized carbons (Fsp3) is 0.300. The number of halogens is 1. The third kappa shape index (κ3) is 3.79. The van der Waals surface area contributed by atoms with Crippen molar-refractivity contribution in [2.24, 2.45) is 16.8 Å². The van der Waals surface area contributed by atoms with Gasteiger partial charge in [0.25, 0.3) is 0 Å². The third-order valence-electron chi connectivity index (χ3n) is 2.08. The van der Waals surface area contributed by atoms with Crippen LogP contribution in [0.3, 0.4) is 0 Å². The van der Waals surface area contributed by atoms with Crippen molar-refractivity contribution >= 4 is 27.5 Å². The van der Waals surface area contributed by atoms with Gasteiger partial charge in [-0.1, -0.05) is 28.0 Å². The summed E-state index contributed by atoms with van der Waals surface area (Å²) in [6.45, 7) is 2.53. The van der Waals surface area contributed by atoms with Gasteiger partial charge in [0.2, 0.25) is 0 Å². The first-order chi connectivity index (χ1) is 7.13. The van der Waals surface area contributed by atoms with Crippen molar-refractivity contribution in [3.05, 3.63) is 28.7 Å². The normalized spacial score (nSPS) is 13.6. The number of nitrogens with two attached hydrogens (primary N) is 1. The Bertz CT molecular complexity index is 337. The smallest absolute Gasteiger partial charge is 0.143 e. The zero-order valence-electron chi connectivity index (χ0n) is 8.44. The molecule has 0 fully saturated rings. The van der Waals surface area contributed by atoms with Crippen LogP contribution in [0.1, 0.15) is 6.92 Å². The molecule has 0 aliphatic rings. The predicted octanol–water partition coefficient (Wildman–Crippen LogP) is 2.24. The molecule has 5 heteroatoms. The second-order valence-electron chi connectivity index (χ2n) is 3.31. The number of anilines is 1. The van der Waals surface area contributed by atoms with E-state index in [2.05, 4.69) is 26.4 Å². The van der Waals surface area contributed by atoms with Gasteiger partial charge >= 0.3 is 0 Å². The first-order valence-corrected chi connectivity index (χ1v) is 5.39. The van der Waals surface area contributed by atoms with Crippen LogP contribution < -0.4 is 11.1 Å². The molecule has 0 aliphatic carbocycles. The van der Waals surface area contributed by atoms with Gasteiger partial charge < -0.3 is 16.3 Å². The number of amidine groups is 1. The second-order valence-corrected chi connectivity index (χ2v) is 4.23. The van der Waals surface area contributed by atoms with E-state index >= 15 is 0 Å². The van der Waals surface area contributed by atoms with Crippen molar-refractivity contribution in [1.82, 2.24) is 0 Å². The maximum Gasteiger partial charge on any atom is 0.143 e. The molecule has 15 heavy (non-hydrogen) atoms. The monoisotopic (exact) mass is 271 g/mol. The summed E-state index contributed by atoms with van der Waals surface area (Å²) in [5.74, 6) is 0.234. The molecule has 0 aromatic heterocycles. The van der Waals surface area contributed by atoms with Gasteiger partial charge in [-0.15, -0.1) is 0 Å². The van der Waals surface area contributed by atoms with Gasteiger partial charge in [0.1, 0.15) is 5.84 Å². The van der Waals surface area contributed by atoms with E-state index in [1.54, 1.807) is 0 Å². The Morgan fingerprint density at radius 1 is 1.53 bits per heavy atom. The van der Waals surface area contributed by atoms with Crippen LogP contribution in [0.4, 0.5) is 5.69 Å². The van der Waals surface area contributed by atoms with Crippen LogP contribution in [-0.2, 0) is 0 Å². The van der Waals surface area contributed by atoms with Gasteiger partial charge in [0.15, 0.2) is 0 Å². The van der Waals surface area contributed by atoms with Gasteiger partial charge in [0, 0.05) is 22.6 Å². The maximum atomic E-state index is 8.47. The molecule has 0 radical (unpaired) electrons. The Morgan fingerprint density at radius 2 is 2.13 bits per heavy atom. The Labute approximate surface area is 97.3 Å². The molecule has 0 saturated carbocycles. The predicted molar refractivity (Wildman–Crippen MR) is 65.2 cm³/mol. The Morgan fingerprint density at radius 3 is 2.67 bits per heavy atom. The first-order valence-electron chi connectivity index (χ1n) is 4.60. The highest BCUT2D eigenvalue weighted by Gasteiger charge is 2.06. The standard InChI is InChI=1S/C10H14BrN3O/c1-7(10(12)14-15)6-13-9-4-2-8(11)3-5-9/h2-5,7,13,15H,6H2,1H3,(H2,12,14). The van der Waals surface area contributed by atoms with E-state index < -0.39 is 0 Å². The van der Waals surface area contributed by atoms with Crippen molar-refractivity contribution in [3.63, 3.8) is 0 Å². The van der Waals surface area contributed by atoms with Crippen LogP contribution in [0.2, 0.25) is 0 Å². The van der Waals surface area contributed by atoms with Gasteiger partial charge in [-0.2, -0.15) is 0 Å².